The van der Waals surface area contributed by atoms with Crippen LogP contribution in [0, 0.1) is 5.82 Å². The van der Waals surface area contributed by atoms with Gasteiger partial charge >= 0.3 is 12.7 Å². The molecule has 13 heteroatoms. The number of fused-ring (bicyclic) bond motifs is 2. The van der Waals surface area contributed by atoms with Crippen molar-refractivity contribution in [3.63, 3.8) is 0 Å². The summed E-state index contributed by atoms with van der Waals surface area (Å²) in [5, 5.41) is 6.58. The Morgan fingerprint density at radius 2 is 1.77 bits per heavy atom. The number of imidazole rings is 1. The first-order valence-electron chi connectivity index (χ1n) is 11.3. The molecule has 39 heavy (non-hydrogen) atoms. The van der Waals surface area contributed by atoms with Crippen LogP contribution in [0.1, 0.15) is 39.6 Å². The van der Waals surface area contributed by atoms with Gasteiger partial charge in [0.05, 0.1) is 23.5 Å². The monoisotopic (exact) mass is 561 g/mol. The van der Waals surface area contributed by atoms with E-state index in [1.54, 1.807) is 6.07 Å². The van der Waals surface area contributed by atoms with Crippen LogP contribution in [0.3, 0.4) is 0 Å². The fourth-order valence-corrected chi connectivity index (χ4v) is 4.89. The van der Waals surface area contributed by atoms with Crippen LogP contribution < -0.4 is 5.32 Å². The molecule has 3 aromatic heterocycles. The van der Waals surface area contributed by atoms with Gasteiger partial charge in [-0.3, -0.25) is 4.79 Å². The second-order valence-corrected chi connectivity index (χ2v) is 9.26. The van der Waals surface area contributed by atoms with E-state index in [0.717, 1.165) is 24.4 Å². The Bertz CT molecular complexity index is 1780. The number of carbonyl (C=O) groups is 1. The first-order valence-corrected chi connectivity index (χ1v) is 11.7. The highest BCUT2D eigenvalue weighted by atomic mass is 35.5. The minimum absolute atomic E-state index is 0.0119. The Morgan fingerprint density at radius 3 is 2.49 bits per heavy atom. The molecule has 0 saturated carbocycles. The van der Waals surface area contributed by atoms with Gasteiger partial charge in [0, 0.05) is 51.4 Å². The summed E-state index contributed by atoms with van der Waals surface area (Å²) < 4.78 is 82.2. The topological polar surface area (TPSA) is 64.2 Å². The van der Waals surface area contributed by atoms with Crippen molar-refractivity contribution in [3.05, 3.63) is 100 Å². The Balaban J connectivity index is 1.59. The third-order valence-corrected chi connectivity index (χ3v) is 6.80. The largest absolute Gasteiger partial charge is 0.416 e. The van der Waals surface area contributed by atoms with Gasteiger partial charge in [0.15, 0.2) is 0 Å². The number of nitrogens with zero attached hydrogens (tertiary/aromatic N) is 4. The average Bonchev–Trinajstić information content (AvgIpc) is 3.61. The maximum absolute atomic E-state index is 14.2. The molecule has 0 aliphatic carbocycles. The molecule has 2 aromatic carbocycles. The highest BCUT2D eigenvalue weighted by Crippen LogP contribution is 2.43. The summed E-state index contributed by atoms with van der Waals surface area (Å²) in [7, 11) is 0. The number of amides is 1. The van der Waals surface area contributed by atoms with E-state index in [9.17, 15) is 31.1 Å². The number of alkyl halides is 5. The summed E-state index contributed by atoms with van der Waals surface area (Å²) in [5.41, 5.74) is 0.964. The van der Waals surface area contributed by atoms with Gasteiger partial charge in [-0.05, 0) is 48.0 Å². The first-order chi connectivity index (χ1) is 18.5. The Hall–Kier alpha value is -4.32. The van der Waals surface area contributed by atoms with Crippen molar-refractivity contribution < 1.29 is 31.1 Å². The summed E-state index contributed by atoms with van der Waals surface area (Å²) >= 11 is 6.35. The van der Waals surface area contributed by atoms with Crippen LogP contribution in [0.15, 0.2) is 67.3 Å². The zero-order chi connectivity index (χ0) is 27.6. The van der Waals surface area contributed by atoms with Crippen LogP contribution in [-0.4, -0.2) is 25.1 Å². The van der Waals surface area contributed by atoms with Gasteiger partial charge in [0.2, 0.25) is 0 Å². The van der Waals surface area contributed by atoms with Gasteiger partial charge in [-0.1, -0.05) is 11.6 Å². The van der Waals surface area contributed by atoms with Crippen molar-refractivity contribution in [1.29, 1.82) is 0 Å². The van der Waals surface area contributed by atoms with Crippen LogP contribution in [0.2, 0.25) is 5.02 Å². The molecule has 1 aliphatic heterocycles. The maximum atomic E-state index is 14.2. The molecule has 1 atom stereocenters. The standard InChI is InChI=1S/C26H14ClF6N5O/c27-19-2-1-15(28)8-16(19)23-22-17(20-11-37-4-3-14(26(31,32)33)7-21(37)35-20)5-12(6-18(22)24(39)36-23)13-9-34-38(10-13)25(29)30/h1-11,23,25H,(H,36,39). The minimum Gasteiger partial charge on any atom is -0.341 e. The van der Waals surface area contributed by atoms with Crippen molar-refractivity contribution >= 4 is 23.2 Å². The van der Waals surface area contributed by atoms with Crippen LogP contribution in [0.25, 0.3) is 28.0 Å². The lowest BCUT2D eigenvalue weighted by atomic mass is 9.89. The van der Waals surface area contributed by atoms with Crippen molar-refractivity contribution in [2.75, 3.05) is 0 Å². The summed E-state index contributed by atoms with van der Waals surface area (Å²) in [6.45, 7) is -2.89. The van der Waals surface area contributed by atoms with E-state index < -0.39 is 36.1 Å². The highest BCUT2D eigenvalue weighted by molar-refractivity contribution is 6.31. The van der Waals surface area contributed by atoms with Gasteiger partial charge < -0.3 is 9.72 Å². The molecule has 0 bridgehead atoms. The Morgan fingerprint density at radius 1 is 1.00 bits per heavy atom. The second kappa shape index (κ2) is 8.87. The van der Waals surface area contributed by atoms with Crippen LogP contribution in [0.5, 0.6) is 0 Å². The zero-order valence-electron chi connectivity index (χ0n) is 19.3. The van der Waals surface area contributed by atoms with E-state index in [2.05, 4.69) is 15.4 Å². The van der Waals surface area contributed by atoms with Crippen molar-refractivity contribution in [2.45, 2.75) is 18.8 Å². The first kappa shape index (κ1) is 25.0. The summed E-state index contributed by atoms with van der Waals surface area (Å²) in [6, 6.07) is 7.58. The molecule has 6 nitrogen and oxygen atoms in total. The van der Waals surface area contributed by atoms with Crippen LogP contribution in [-0.2, 0) is 6.18 Å². The van der Waals surface area contributed by atoms with Gasteiger partial charge in [-0.15, -0.1) is 0 Å². The number of aromatic nitrogens is 4. The SMILES string of the molecule is O=C1NC(c2cc(F)ccc2Cl)c2c1cc(-c1cnn(C(F)F)c1)cc2-c1cn2ccc(C(F)(F)F)cc2n1. The van der Waals surface area contributed by atoms with E-state index in [4.69, 9.17) is 11.6 Å². The van der Waals surface area contributed by atoms with Gasteiger partial charge in [-0.25, -0.2) is 14.1 Å². The molecule has 1 N–H and O–H groups in total. The molecule has 198 valence electrons. The van der Waals surface area contributed by atoms with Gasteiger partial charge in [-0.2, -0.15) is 27.1 Å². The number of hydrogen-bond acceptors (Lipinski definition) is 3. The molecule has 5 aromatic rings. The quantitative estimate of drug-likeness (QED) is 0.243. The molecule has 1 amide bonds. The van der Waals surface area contributed by atoms with E-state index in [1.165, 1.54) is 41.2 Å². The summed E-state index contributed by atoms with van der Waals surface area (Å²) in [4.78, 5) is 17.5. The van der Waals surface area contributed by atoms with Crippen molar-refractivity contribution in [1.82, 2.24) is 24.5 Å². The van der Waals surface area contributed by atoms with E-state index >= 15 is 0 Å². The molecule has 0 saturated heterocycles. The Kier molecular flexibility index (Phi) is 5.68. The average molecular weight is 562 g/mol. The predicted molar refractivity (Wildman–Crippen MR) is 129 cm³/mol. The number of carbonyl (C=O) groups excluding carboxylic acids is 1. The molecule has 0 spiro atoms. The molecule has 0 radical (unpaired) electrons. The van der Waals surface area contributed by atoms with E-state index in [0.29, 0.717) is 21.4 Å². The van der Waals surface area contributed by atoms with Crippen LogP contribution in [0.4, 0.5) is 26.3 Å². The van der Waals surface area contributed by atoms with Crippen molar-refractivity contribution in [3.8, 4) is 22.4 Å². The maximum Gasteiger partial charge on any atom is 0.416 e. The third kappa shape index (κ3) is 4.30. The molecule has 0 fully saturated rings. The normalized spacial score (nSPS) is 15.3. The zero-order valence-corrected chi connectivity index (χ0v) is 20.1. The predicted octanol–water partition coefficient (Wildman–Crippen LogP) is 6.90. The van der Waals surface area contributed by atoms with Gasteiger partial charge in [0.1, 0.15) is 11.5 Å². The smallest absolute Gasteiger partial charge is 0.341 e. The van der Waals surface area contributed by atoms with Crippen LogP contribution >= 0.6 is 11.6 Å². The highest BCUT2D eigenvalue weighted by Gasteiger charge is 2.36. The summed E-state index contributed by atoms with van der Waals surface area (Å²) in [5.74, 6) is -1.13. The van der Waals surface area contributed by atoms with E-state index in [-0.39, 0.29) is 33.1 Å². The molecular formula is C26H14ClF6N5O. The molecule has 4 heterocycles. The van der Waals surface area contributed by atoms with E-state index in [1.807, 2.05) is 0 Å². The fourth-order valence-electron chi connectivity index (χ4n) is 4.66. The lowest BCUT2D eigenvalue weighted by Crippen LogP contribution is -2.20. The number of pyridine rings is 1. The second-order valence-electron chi connectivity index (χ2n) is 8.85. The lowest BCUT2D eigenvalue weighted by molar-refractivity contribution is -0.137. The molecule has 6 rings (SSSR count). The van der Waals surface area contributed by atoms with Gasteiger partial charge in [0.25, 0.3) is 5.91 Å². The minimum atomic E-state index is -4.59. The Labute approximate surface area is 220 Å². The number of hydrogen-bond donors (Lipinski definition) is 1. The fraction of sp³-hybridized carbons (Fsp3) is 0.115. The summed E-state index contributed by atoms with van der Waals surface area (Å²) in [6.07, 6.45) is 0.392. The van der Waals surface area contributed by atoms with Crippen molar-refractivity contribution in [2.24, 2.45) is 0 Å². The number of rotatable bonds is 4. The third-order valence-electron chi connectivity index (χ3n) is 6.46. The molecular weight excluding hydrogens is 548 g/mol. The number of nitrogens with one attached hydrogen (secondary N) is 1. The number of benzene rings is 2. The lowest BCUT2D eigenvalue weighted by Gasteiger charge is -2.17. The number of halogens is 7. The molecule has 1 unspecified atom stereocenters. The molecule has 1 aliphatic rings.